The van der Waals surface area contributed by atoms with Crippen molar-refractivity contribution >= 4 is 5.91 Å². The summed E-state index contributed by atoms with van der Waals surface area (Å²) in [6, 6.07) is 8.55. The van der Waals surface area contributed by atoms with E-state index in [4.69, 9.17) is 4.74 Å². The number of benzene rings is 1. The number of hydrogen-bond donors (Lipinski definition) is 2. The Kier molecular flexibility index (Phi) is 6.45. The van der Waals surface area contributed by atoms with Crippen molar-refractivity contribution < 1.29 is 9.53 Å². The molecule has 5 nitrogen and oxygen atoms in total. The van der Waals surface area contributed by atoms with Crippen LogP contribution in [0.5, 0.6) is 0 Å². The molecule has 5 heteroatoms. The van der Waals surface area contributed by atoms with Crippen LogP contribution in [0, 0.1) is 5.92 Å². The summed E-state index contributed by atoms with van der Waals surface area (Å²) in [7, 11) is 0. The molecule has 1 aliphatic heterocycles. The van der Waals surface area contributed by atoms with Gasteiger partial charge in [-0.2, -0.15) is 0 Å². The third-order valence-corrected chi connectivity index (χ3v) is 4.83. The average molecular weight is 345 g/mol. The van der Waals surface area contributed by atoms with Crippen LogP contribution in [0.15, 0.2) is 24.3 Å². The smallest absolute Gasteiger partial charge is 0.234 e. The Balaban J connectivity index is 1.38. The number of hydrogen-bond acceptors (Lipinski definition) is 4. The van der Waals surface area contributed by atoms with Gasteiger partial charge in [0, 0.05) is 26.2 Å². The Labute approximate surface area is 151 Å². The van der Waals surface area contributed by atoms with Gasteiger partial charge in [-0.3, -0.25) is 9.69 Å². The van der Waals surface area contributed by atoms with Crippen LogP contribution in [0.3, 0.4) is 0 Å². The zero-order chi connectivity index (χ0) is 17.6. The van der Waals surface area contributed by atoms with Crippen molar-refractivity contribution in [3.8, 4) is 0 Å². The second-order valence-electron chi connectivity index (χ2n) is 7.62. The fourth-order valence-corrected chi connectivity index (χ4v) is 3.41. The van der Waals surface area contributed by atoms with Crippen LogP contribution in [0.1, 0.15) is 37.8 Å². The molecule has 3 rings (SSSR count). The van der Waals surface area contributed by atoms with Crippen molar-refractivity contribution in [3.63, 3.8) is 0 Å². The van der Waals surface area contributed by atoms with Crippen molar-refractivity contribution in [1.29, 1.82) is 0 Å². The standard InChI is InChI=1S/C20H31N3O2/c1-15-12-23(13-16(2)25-15)14-19-7-5-18(6-8-19)10-22-20(24)11-21-9-17-3-4-17/h5-8,15-17,21H,3-4,9-14H2,1-2H3,(H,22,24). The first kappa shape index (κ1) is 18.4. The lowest BCUT2D eigenvalue weighted by Gasteiger charge is -2.35. The van der Waals surface area contributed by atoms with E-state index >= 15 is 0 Å². The summed E-state index contributed by atoms with van der Waals surface area (Å²) in [6.45, 7) is 9.17. The molecule has 1 aromatic carbocycles. The van der Waals surface area contributed by atoms with Gasteiger partial charge in [-0.05, 0) is 50.3 Å². The Bertz CT molecular complexity index is 547. The van der Waals surface area contributed by atoms with Crippen LogP contribution in [-0.2, 0) is 22.6 Å². The molecule has 0 spiro atoms. The summed E-state index contributed by atoms with van der Waals surface area (Å²) >= 11 is 0. The minimum Gasteiger partial charge on any atom is -0.373 e. The average Bonchev–Trinajstić information content (AvgIpc) is 3.37. The first-order valence-electron chi connectivity index (χ1n) is 9.51. The summed E-state index contributed by atoms with van der Waals surface area (Å²) in [5, 5.41) is 6.19. The second kappa shape index (κ2) is 8.79. The van der Waals surface area contributed by atoms with Gasteiger partial charge in [0.1, 0.15) is 0 Å². The van der Waals surface area contributed by atoms with Crippen molar-refractivity contribution in [2.24, 2.45) is 5.92 Å². The third-order valence-electron chi connectivity index (χ3n) is 4.83. The maximum Gasteiger partial charge on any atom is 0.234 e. The van der Waals surface area contributed by atoms with Gasteiger partial charge in [-0.15, -0.1) is 0 Å². The van der Waals surface area contributed by atoms with Gasteiger partial charge in [0.25, 0.3) is 0 Å². The van der Waals surface area contributed by atoms with Crippen LogP contribution in [0.4, 0.5) is 0 Å². The van der Waals surface area contributed by atoms with Gasteiger partial charge < -0.3 is 15.4 Å². The van der Waals surface area contributed by atoms with E-state index < -0.39 is 0 Å². The summed E-state index contributed by atoms with van der Waals surface area (Å²) in [5.74, 6) is 0.874. The van der Waals surface area contributed by atoms with Crippen molar-refractivity contribution in [2.45, 2.75) is 52.0 Å². The SMILES string of the molecule is CC1CN(Cc2ccc(CNC(=O)CNCC3CC3)cc2)CC(C)O1. The molecule has 1 aliphatic carbocycles. The number of nitrogens with zero attached hydrogens (tertiary/aromatic N) is 1. The minimum absolute atomic E-state index is 0.0704. The van der Waals surface area contributed by atoms with E-state index in [2.05, 4.69) is 53.6 Å². The minimum atomic E-state index is 0.0704. The summed E-state index contributed by atoms with van der Waals surface area (Å²) in [5.41, 5.74) is 2.45. The van der Waals surface area contributed by atoms with Gasteiger partial charge in [0.2, 0.25) is 5.91 Å². The van der Waals surface area contributed by atoms with Crippen molar-refractivity contribution in [3.05, 3.63) is 35.4 Å². The topological polar surface area (TPSA) is 53.6 Å². The highest BCUT2D eigenvalue weighted by molar-refractivity contribution is 5.77. The number of carbonyl (C=O) groups is 1. The molecule has 2 N–H and O–H groups in total. The lowest BCUT2D eigenvalue weighted by Crippen LogP contribution is -2.44. The number of nitrogens with one attached hydrogen (secondary N) is 2. The highest BCUT2D eigenvalue weighted by Crippen LogP contribution is 2.27. The van der Waals surface area contributed by atoms with Crippen LogP contribution in [0.2, 0.25) is 0 Å². The predicted octanol–water partition coefficient (Wildman–Crippen LogP) is 1.91. The van der Waals surface area contributed by atoms with Gasteiger partial charge in [-0.25, -0.2) is 0 Å². The molecule has 2 atom stereocenters. The molecule has 2 unspecified atom stereocenters. The predicted molar refractivity (Wildman–Crippen MR) is 99.2 cm³/mol. The zero-order valence-corrected chi connectivity index (χ0v) is 15.5. The maximum absolute atomic E-state index is 11.8. The lowest BCUT2D eigenvalue weighted by molar-refractivity contribution is -0.120. The number of morpholine rings is 1. The Morgan fingerprint density at radius 1 is 1.12 bits per heavy atom. The van der Waals surface area contributed by atoms with E-state index in [9.17, 15) is 4.79 Å². The summed E-state index contributed by atoms with van der Waals surface area (Å²) in [6.07, 6.45) is 3.21. The molecule has 138 valence electrons. The number of amides is 1. The van der Waals surface area contributed by atoms with Gasteiger partial charge >= 0.3 is 0 Å². The Morgan fingerprint density at radius 3 is 2.40 bits per heavy atom. The number of ether oxygens (including phenoxy) is 1. The van der Waals surface area contributed by atoms with E-state index in [1.165, 1.54) is 18.4 Å². The molecular formula is C20H31N3O2. The number of rotatable bonds is 8. The first-order valence-corrected chi connectivity index (χ1v) is 9.51. The normalized spacial score (nSPS) is 24.2. The molecule has 1 saturated heterocycles. The fraction of sp³-hybridized carbons (Fsp3) is 0.650. The molecule has 0 radical (unpaired) electrons. The van der Waals surface area contributed by atoms with Gasteiger partial charge in [0.15, 0.2) is 0 Å². The molecule has 2 aliphatic rings. The van der Waals surface area contributed by atoms with Crippen LogP contribution >= 0.6 is 0 Å². The van der Waals surface area contributed by atoms with Crippen LogP contribution < -0.4 is 10.6 Å². The number of carbonyl (C=O) groups excluding carboxylic acids is 1. The zero-order valence-electron chi connectivity index (χ0n) is 15.5. The first-order chi connectivity index (χ1) is 12.1. The highest BCUT2D eigenvalue weighted by atomic mass is 16.5. The summed E-state index contributed by atoms with van der Waals surface area (Å²) < 4.78 is 5.78. The molecule has 0 bridgehead atoms. The largest absolute Gasteiger partial charge is 0.373 e. The molecule has 25 heavy (non-hydrogen) atoms. The monoisotopic (exact) mass is 345 g/mol. The summed E-state index contributed by atoms with van der Waals surface area (Å²) in [4.78, 5) is 14.3. The maximum atomic E-state index is 11.8. The Hall–Kier alpha value is -1.43. The molecule has 1 aromatic rings. The van der Waals surface area contributed by atoms with E-state index in [0.29, 0.717) is 25.3 Å². The second-order valence-corrected chi connectivity index (χ2v) is 7.62. The van der Waals surface area contributed by atoms with Crippen LogP contribution in [-0.4, -0.2) is 49.2 Å². The van der Waals surface area contributed by atoms with Crippen molar-refractivity contribution in [2.75, 3.05) is 26.2 Å². The Morgan fingerprint density at radius 2 is 1.76 bits per heavy atom. The van der Waals surface area contributed by atoms with E-state index in [1.807, 2.05) is 0 Å². The quantitative estimate of drug-likeness (QED) is 0.756. The van der Waals surface area contributed by atoms with E-state index in [1.54, 1.807) is 0 Å². The molecular weight excluding hydrogens is 314 g/mol. The van der Waals surface area contributed by atoms with Crippen molar-refractivity contribution in [1.82, 2.24) is 15.5 Å². The third kappa shape index (κ3) is 6.42. The van der Waals surface area contributed by atoms with E-state index in [0.717, 1.165) is 37.7 Å². The lowest BCUT2D eigenvalue weighted by atomic mass is 10.1. The van der Waals surface area contributed by atoms with E-state index in [-0.39, 0.29) is 5.91 Å². The molecule has 2 fully saturated rings. The molecule has 1 heterocycles. The molecule has 1 saturated carbocycles. The fourth-order valence-electron chi connectivity index (χ4n) is 3.41. The van der Waals surface area contributed by atoms with Gasteiger partial charge in [0.05, 0.1) is 18.8 Å². The van der Waals surface area contributed by atoms with Gasteiger partial charge in [-0.1, -0.05) is 24.3 Å². The van der Waals surface area contributed by atoms with Crippen LogP contribution in [0.25, 0.3) is 0 Å². The molecule has 1 amide bonds. The molecule has 0 aromatic heterocycles. The highest BCUT2D eigenvalue weighted by Gasteiger charge is 2.22.